The average molecular weight is 379 g/mol. The van der Waals surface area contributed by atoms with Crippen molar-refractivity contribution in [2.45, 2.75) is 11.8 Å². The van der Waals surface area contributed by atoms with Crippen molar-refractivity contribution < 1.29 is 8.42 Å². The summed E-state index contributed by atoms with van der Waals surface area (Å²) in [7, 11) is -3.79. The Labute approximate surface area is 157 Å². The number of sulfonamides is 1. The van der Waals surface area contributed by atoms with E-state index in [0.717, 1.165) is 16.8 Å². The molecule has 2 aromatic carbocycles. The molecule has 27 heavy (non-hydrogen) atoms. The van der Waals surface area contributed by atoms with Gasteiger partial charge in [0.1, 0.15) is 5.82 Å². The van der Waals surface area contributed by atoms with Crippen LogP contribution in [0.25, 0.3) is 0 Å². The Bertz CT molecular complexity index is 1140. The number of terminal acetylenes is 1. The van der Waals surface area contributed by atoms with Gasteiger partial charge in [0, 0.05) is 28.7 Å². The van der Waals surface area contributed by atoms with Gasteiger partial charge in [0.05, 0.1) is 4.90 Å². The third-order valence-corrected chi connectivity index (χ3v) is 4.59. The van der Waals surface area contributed by atoms with Crippen LogP contribution in [0, 0.1) is 19.3 Å². The maximum absolute atomic E-state index is 11.5. The fourth-order valence-corrected chi connectivity index (χ4v) is 2.89. The number of primary sulfonamides is 1. The van der Waals surface area contributed by atoms with Crippen LogP contribution in [0.15, 0.2) is 59.6 Å². The normalized spacial score (nSPS) is 10.9. The van der Waals surface area contributed by atoms with Crippen molar-refractivity contribution in [2.75, 3.05) is 10.6 Å². The molecule has 7 nitrogen and oxygen atoms in total. The largest absolute Gasteiger partial charge is 0.340 e. The second-order valence-corrected chi connectivity index (χ2v) is 7.33. The lowest BCUT2D eigenvalue weighted by atomic mass is 10.2. The first-order valence-corrected chi connectivity index (χ1v) is 9.47. The van der Waals surface area contributed by atoms with E-state index in [1.54, 1.807) is 18.3 Å². The van der Waals surface area contributed by atoms with Gasteiger partial charge in [0.2, 0.25) is 16.0 Å². The molecule has 0 atom stereocenters. The van der Waals surface area contributed by atoms with E-state index in [1.165, 1.54) is 12.1 Å². The molecular weight excluding hydrogens is 362 g/mol. The summed E-state index contributed by atoms with van der Waals surface area (Å²) in [6, 6.07) is 13.5. The zero-order chi connectivity index (χ0) is 19.4. The number of aromatic nitrogens is 2. The second-order valence-electron chi connectivity index (χ2n) is 5.77. The molecule has 0 radical (unpaired) electrons. The number of aryl methyl sites for hydroxylation is 1. The first-order chi connectivity index (χ1) is 12.8. The maximum atomic E-state index is 11.5. The van der Waals surface area contributed by atoms with Gasteiger partial charge in [0.25, 0.3) is 0 Å². The van der Waals surface area contributed by atoms with E-state index in [9.17, 15) is 8.42 Å². The molecule has 8 heteroatoms. The zero-order valence-corrected chi connectivity index (χ0v) is 15.3. The molecule has 0 aliphatic heterocycles. The van der Waals surface area contributed by atoms with Crippen LogP contribution in [-0.4, -0.2) is 18.4 Å². The van der Waals surface area contributed by atoms with Crippen LogP contribution < -0.4 is 15.8 Å². The summed E-state index contributed by atoms with van der Waals surface area (Å²) < 4.78 is 23.0. The summed E-state index contributed by atoms with van der Waals surface area (Å²) >= 11 is 0. The highest BCUT2D eigenvalue weighted by Gasteiger charge is 2.10. The molecule has 3 aromatic rings. The Kier molecular flexibility index (Phi) is 5.07. The molecule has 3 rings (SSSR count). The van der Waals surface area contributed by atoms with Gasteiger partial charge >= 0.3 is 0 Å². The standard InChI is InChI=1S/C19H17N5O2S/c1-3-14-6-4-7-15(10-14)22-18-13(2)12-21-19(24-18)23-16-8-5-9-17(11-16)27(20,25)26/h1,4-12H,2H3,(H2,20,25,26)(H2,21,22,23,24). The van der Waals surface area contributed by atoms with Gasteiger partial charge in [0.15, 0.2) is 0 Å². The van der Waals surface area contributed by atoms with Crippen LogP contribution >= 0.6 is 0 Å². The fourth-order valence-electron chi connectivity index (χ4n) is 2.33. The number of rotatable bonds is 5. The molecule has 0 saturated heterocycles. The van der Waals surface area contributed by atoms with Crippen molar-refractivity contribution >= 4 is 33.2 Å². The molecule has 136 valence electrons. The van der Waals surface area contributed by atoms with Crippen LogP contribution in [0.2, 0.25) is 0 Å². The van der Waals surface area contributed by atoms with Crippen molar-refractivity contribution in [2.24, 2.45) is 5.14 Å². The van der Waals surface area contributed by atoms with Gasteiger partial charge in [-0.15, -0.1) is 6.42 Å². The molecule has 0 saturated carbocycles. The molecule has 1 heterocycles. The highest BCUT2D eigenvalue weighted by molar-refractivity contribution is 7.89. The molecule has 0 aliphatic rings. The van der Waals surface area contributed by atoms with Crippen molar-refractivity contribution in [3.05, 3.63) is 65.9 Å². The van der Waals surface area contributed by atoms with Gasteiger partial charge in [-0.25, -0.2) is 18.5 Å². The van der Waals surface area contributed by atoms with Crippen molar-refractivity contribution in [1.29, 1.82) is 0 Å². The number of benzene rings is 2. The molecule has 0 spiro atoms. The Morgan fingerprint density at radius 1 is 1.07 bits per heavy atom. The molecule has 0 fully saturated rings. The topological polar surface area (TPSA) is 110 Å². The second kappa shape index (κ2) is 7.45. The summed E-state index contributed by atoms with van der Waals surface area (Å²) in [6.07, 6.45) is 7.09. The minimum absolute atomic E-state index is 0.00376. The molecule has 0 amide bonds. The van der Waals surface area contributed by atoms with Crippen LogP contribution in [0.1, 0.15) is 11.1 Å². The summed E-state index contributed by atoms with van der Waals surface area (Å²) in [6.45, 7) is 1.87. The van der Waals surface area contributed by atoms with Gasteiger partial charge in [-0.3, -0.25) is 0 Å². The third-order valence-electron chi connectivity index (χ3n) is 3.68. The fraction of sp³-hybridized carbons (Fsp3) is 0.0526. The third kappa shape index (κ3) is 4.61. The minimum atomic E-state index is -3.79. The molecule has 0 unspecified atom stereocenters. The maximum Gasteiger partial charge on any atom is 0.238 e. The van der Waals surface area contributed by atoms with E-state index in [4.69, 9.17) is 11.6 Å². The Balaban J connectivity index is 1.86. The van der Waals surface area contributed by atoms with Crippen molar-refractivity contribution in [3.8, 4) is 12.3 Å². The quantitative estimate of drug-likeness (QED) is 0.588. The first-order valence-electron chi connectivity index (χ1n) is 7.92. The number of nitrogens with two attached hydrogens (primary N) is 1. The Morgan fingerprint density at radius 3 is 2.48 bits per heavy atom. The summed E-state index contributed by atoms with van der Waals surface area (Å²) in [4.78, 5) is 8.67. The minimum Gasteiger partial charge on any atom is -0.340 e. The molecule has 0 bridgehead atoms. The predicted octanol–water partition coefficient (Wildman–Crippen LogP) is 2.90. The van der Waals surface area contributed by atoms with E-state index in [1.807, 2.05) is 31.2 Å². The molecular formula is C19H17N5O2S. The number of anilines is 4. The summed E-state index contributed by atoms with van der Waals surface area (Å²) in [5.74, 6) is 3.49. The molecule has 4 N–H and O–H groups in total. The lowest BCUT2D eigenvalue weighted by Gasteiger charge is -2.11. The number of hydrogen-bond acceptors (Lipinski definition) is 6. The van der Waals surface area contributed by atoms with Crippen LogP contribution in [0.5, 0.6) is 0 Å². The van der Waals surface area contributed by atoms with Gasteiger partial charge in [-0.05, 0) is 43.3 Å². The van der Waals surface area contributed by atoms with Crippen LogP contribution in [0.3, 0.4) is 0 Å². The Morgan fingerprint density at radius 2 is 1.78 bits per heavy atom. The summed E-state index contributed by atoms with van der Waals surface area (Å²) in [5.41, 5.74) is 2.90. The van der Waals surface area contributed by atoms with Crippen molar-refractivity contribution in [1.82, 2.24) is 9.97 Å². The number of nitrogens with zero attached hydrogens (tertiary/aromatic N) is 2. The summed E-state index contributed by atoms with van der Waals surface area (Å²) in [5, 5.41) is 11.3. The zero-order valence-electron chi connectivity index (χ0n) is 14.5. The highest BCUT2D eigenvalue weighted by Crippen LogP contribution is 2.22. The van der Waals surface area contributed by atoms with Gasteiger partial charge < -0.3 is 10.6 Å². The highest BCUT2D eigenvalue weighted by atomic mass is 32.2. The van der Waals surface area contributed by atoms with E-state index in [-0.39, 0.29) is 4.90 Å². The van der Waals surface area contributed by atoms with Crippen LogP contribution in [0.4, 0.5) is 23.1 Å². The van der Waals surface area contributed by atoms with Gasteiger partial charge in [-0.1, -0.05) is 18.1 Å². The van der Waals surface area contributed by atoms with Crippen molar-refractivity contribution in [3.63, 3.8) is 0 Å². The Hall–Kier alpha value is -3.41. The lowest BCUT2D eigenvalue weighted by molar-refractivity contribution is 0.598. The van der Waals surface area contributed by atoms with Crippen LogP contribution in [-0.2, 0) is 10.0 Å². The number of nitrogens with one attached hydrogen (secondary N) is 2. The van der Waals surface area contributed by atoms with E-state index < -0.39 is 10.0 Å². The average Bonchev–Trinajstić information content (AvgIpc) is 2.64. The van der Waals surface area contributed by atoms with Gasteiger partial charge in [-0.2, -0.15) is 4.98 Å². The van der Waals surface area contributed by atoms with E-state index in [0.29, 0.717) is 17.5 Å². The predicted molar refractivity (Wildman–Crippen MR) is 106 cm³/mol. The molecule has 0 aliphatic carbocycles. The number of hydrogen-bond donors (Lipinski definition) is 3. The monoisotopic (exact) mass is 379 g/mol. The SMILES string of the molecule is C#Cc1cccc(Nc2nc(Nc3cccc(S(N)(=O)=O)c3)ncc2C)c1. The van der Waals surface area contributed by atoms with E-state index >= 15 is 0 Å². The first kappa shape index (κ1) is 18.4. The van der Waals surface area contributed by atoms with E-state index in [2.05, 4.69) is 26.5 Å². The molecule has 1 aromatic heterocycles. The smallest absolute Gasteiger partial charge is 0.238 e. The lowest BCUT2D eigenvalue weighted by Crippen LogP contribution is -2.12.